The first-order valence-electron chi connectivity index (χ1n) is 9.38. The van der Waals surface area contributed by atoms with Gasteiger partial charge in [-0.1, -0.05) is 11.2 Å². The lowest BCUT2D eigenvalue weighted by atomic mass is 9.96. The van der Waals surface area contributed by atoms with Crippen molar-refractivity contribution in [3.8, 4) is 11.6 Å². The van der Waals surface area contributed by atoms with E-state index < -0.39 is 5.97 Å². The van der Waals surface area contributed by atoms with Crippen molar-refractivity contribution in [2.45, 2.75) is 18.8 Å². The van der Waals surface area contributed by atoms with Crippen LogP contribution in [0.1, 0.15) is 45.3 Å². The minimum absolute atomic E-state index is 0.00301. The van der Waals surface area contributed by atoms with Crippen LogP contribution in [-0.2, 0) is 4.74 Å². The number of carbonyl (C=O) groups is 2. The van der Waals surface area contributed by atoms with Gasteiger partial charge in [-0.25, -0.2) is 4.79 Å². The molecule has 3 aromatic rings. The number of nitrogens with zero attached hydrogens (tertiary/aromatic N) is 4. The molecule has 148 valence electrons. The molecule has 8 heteroatoms. The summed E-state index contributed by atoms with van der Waals surface area (Å²) in [6.45, 7) is 1.18. The number of likely N-dealkylation sites (tertiary alicyclic amines) is 1. The van der Waals surface area contributed by atoms with Crippen LogP contribution in [0.15, 0.2) is 53.2 Å². The molecule has 0 bridgehead atoms. The summed E-state index contributed by atoms with van der Waals surface area (Å²) in [5.74, 6) is 0.456. The highest BCUT2D eigenvalue weighted by atomic mass is 16.5. The van der Waals surface area contributed by atoms with Gasteiger partial charge in [-0.2, -0.15) is 4.98 Å². The highest BCUT2D eigenvalue weighted by molar-refractivity contribution is 5.96. The van der Waals surface area contributed by atoms with E-state index >= 15 is 0 Å². The van der Waals surface area contributed by atoms with Gasteiger partial charge in [-0.3, -0.25) is 9.78 Å². The Balaban J connectivity index is 1.46. The Morgan fingerprint density at radius 2 is 1.93 bits per heavy atom. The number of pyridine rings is 1. The molecule has 3 heterocycles. The lowest BCUT2D eigenvalue weighted by Crippen LogP contribution is -2.39. The predicted molar refractivity (Wildman–Crippen MR) is 103 cm³/mol. The van der Waals surface area contributed by atoms with Crippen LogP contribution in [-0.4, -0.2) is 52.1 Å². The van der Waals surface area contributed by atoms with Crippen LogP contribution in [0.4, 0.5) is 0 Å². The predicted octanol–water partition coefficient (Wildman–Crippen LogP) is 2.94. The Morgan fingerprint density at radius 3 is 2.66 bits per heavy atom. The molecule has 4 rings (SSSR count). The van der Waals surface area contributed by atoms with E-state index in [0.29, 0.717) is 41.6 Å². The van der Waals surface area contributed by atoms with E-state index in [1.54, 1.807) is 35.4 Å². The molecule has 1 aromatic carbocycles. The molecular formula is C21H20N4O4. The Morgan fingerprint density at radius 1 is 1.14 bits per heavy atom. The zero-order valence-corrected chi connectivity index (χ0v) is 15.9. The van der Waals surface area contributed by atoms with E-state index in [0.717, 1.165) is 12.8 Å². The van der Waals surface area contributed by atoms with Crippen LogP contribution in [0.5, 0.6) is 0 Å². The summed E-state index contributed by atoms with van der Waals surface area (Å²) in [7, 11) is 1.33. The summed E-state index contributed by atoms with van der Waals surface area (Å²) in [5, 5.41) is 4.11. The second-order valence-electron chi connectivity index (χ2n) is 6.83. The first-order valence-corrected chi connectivity index (χ1v) is 9.38. The van der Waals surface area contributed by atoms with Gasteiger partial charge in [0, 0.05) is 30.8 Å². The minimum atomic E-state index is -0.428. The zero-order valence-electron chi connectivity index (χ0n) is 15.9. The molecule has 0 aliphatic carbocycles. The van der Waals surface area contributed by atoms with Crippen LogP contribution in [0.3, 0.4) is 0 Å². The Hall–Kier alpha value is -3.55. The number of esters is 1. The van der Waals surface area contributed by atoms with Crippen molar-refractivity contribution in [3.05, 3.63) is 65.6 Å². The Kier molecular flexibility index (Phi) is 5.33. The number of benzene rings is 1. The summed E-state index contributed by atoms with van der Waals surface area (Å²) in [6.07, 6.45) is 3.40. The first-order chi connectivity index (χ1) is 14.2. The van der Waals surface area contributed by atoms with Gasteiger partial charge in [-0.05, 0) is 49.2 Å². The smallest absolute Gasteiger partial charge is 0.337 e. The first kappa shape index (κ1) is 18.8. The largest absolute Gasteiger partial charge is 0.465 e. The number of amides is 1. The fourth-order valence-electron chi connectivity index (χ4n) is 3.42. The number of hydrogen-bond donors (Lipinski definition) is 0. The summed E-state index contributed by atoms with van der Waals surface area (Å²) in [4.78, 5) is 34.9. The van der Waals surface area contributed by atoms with Crippen LogP contribution >= 0.6 is 0 Å². The van der Waals surface area contributed by atoms with Gasteiger partial charge in [0.1, 0.15) is 5.69 Å². The molecule has 0 spiro atoms. The Labute approximate surface area is 167 Å². The number of hydrogen-bond acceptors (Lipinski definition) is 7. The normalized spacial score (nSPS) is 16.4. The lowest BCUT2D eigenvalue weighted by molar-refractivity contribution is 0.0599. The van der Waals surface area contributed by atoms with Crippen molar-refractivity contribution in [1.82, 2.24) is 20.0 Å². The van der Waals surface area contributed by atoms with E-state index in [-0.39, 0.29) is 11.8 Å². The zero-order chi connectivity index (χ0) is 20.2. The van der Waals surface area contributed by atoms with E-state index in [1.165, 1.54) is 7.11 Å². The standard InChI is InChI=1S/C21H20N4O4/c1-28-21(27)15-9-7-14(8-10-15)20(26)25-12-4-5-16(13-25)18-23-19(29-24-18)17-6-2-3-11-22-17/h2-3,6-11,16H,4-5,12-13H2,1H3/t16-/m1/s1. The molecule has 0 N–H and O–H groups in total. The second-order valence-corrected chi connectivity index (χ2v) is 6.83. The van der Waals surface area contributed by atoms with E-state index in [1.807, 2.05) is 18.2 Å². The van der Waals surface area contributed by atoms with Gasteiger partial charge in [0.2, 0.25) is 0 Å². The maximum absolute atomic E-state index is 12.9. The molecule has 0 unspecified atom stereocenters. The van der Waals surface area contributed by atoms with Crippen molar-refractivity contribution < 1.29 is 18.8 Å². The summed E-state index contributed by atoms with van der Waals surface area (Å²) in [5.41, 5.74) is 1.57. The molecule has 1 fully saturated rings. The van der Waals surface area contributed by atoms with E-state index in [4.69, 9.17) is 4.52 Å². The molecule has 1 aliphatic rings. The van der Waals surface area contributed by atoms with Gasteiger partial charge in [0.25, 0.3) is 11.8 Å². The van der Waals surface area contributed by atoms with Crippen molar-refractivity contribution in [2.24, 2.45) is 0 Å². The van der Waals surface area contributed by atoms with Gasteiger partial charge in [0.15, 0.2) is 5.82 Å². The third kappa shape index (κ3) is 4.01. The average molecular weight is 392 g/mol. The highest BCUT2D eigenvalue weighted by Gasteiger charge is 2.29. The molecule has 1 saturated heterocycles. The molecule has 0 saturated carbocycles. The average Bonchev–Trinajstić information content (AvgIpc) is 3.29. The summed E-state index contributed by atoms with van der Waals surface area (Å²) < 4.78 is 10.0. The number of rotatable bonds is 4. The fourth-order valence-corrected chi connectivity index (χ4v) is 3.42. The third-order valence-electron chi connectivity index (χ3n) is 4.95. The molecule has 0 radical (unpaired) electrons. The molecule has 1 aliphatic heterocycles. The van der Waals surface area contributed by atoms with Crippen LogP contribution in [0, 0.1) is 0 Å². The number of methoxy groups -OCH3 is 1. The minimum Gasteiger partial charge on any atom is -0.465 e. The van der Waals surface area contributed by atoms with Crippen molar-refractivity contribution >= 4 is 11.9 Å². The third-order valence-corrected chi connectivity index (χ3v) is 4.95. The molecule has 1 atom stereocenters. The van der Waals surface area contributed by atoms with Gasteiger partial charge < -0.3 is 14.2 Å². The van der Waals surface area contributed by atoms with Crippen LogP contribution in [0.2, 0.25) is 0 Å². The van der Waals surface area contributed by atoms with Gasteiger partial charge >= 0.3 is 5.97 Å². The Bertz CT molecular complexity index is 1000. The van der Waals surface area contributed by atoms with E-state index in [2.05, 4.69) is 19.9 Å². The number of aromatic nitrogens is 3. The second kappa shape index (κ2) is 8.22. The van der Waals surface area contributed by atoms with Crippen LogP contribution in [0.25, 0.3) is 11.6 Å². The van der Waals surface area contributed by atoms with Crippen LogP contribution < -0.4 is 0 Å². The van der Waals surface area contributed by atoms with Crippen molar-refractivity contribution in [3.63, 3.8) is 0 Å². The molecule has 29 heavy (non-hydrogen) atoms. The number of carbonyl (C=O) groups excluding carboxylic acids is 2. The number of ether oxygens (including phenoxy) is 1. The molecule has 1 amide bonds. The highest BCUT2D eigenvalue weighted by Crippen LogP contribution is 2.27. The summed E-state index contributed by atoms with van der Waals surface area (Å²) in [6, 6.07) is 12.0. The quantitative estimate of drug-likeness (QED) is 0.630. The van der Waals surface area contributed by atoms with Gasteiger partial charge in [-0.15, -0.1) is 0 Å². The maximum atomic E-state index is 12.9. The monoisotopic (exact) mass is 392 g/mol. The van der Waals surface area contributed by atoms with Crippen molar-refractivity contribution in [2.75, 3.05) is 20.2 Å². The summed E-state index contributed by atoms with van der Waals surface area (Å²) >= 11 is 0. The number of piperidine rings is 1. The van der Waals surface area contributed by atoms with Crippen molar-refractivity contribution in [1.29, 1.82) is 0 Å². The lowest BCUT2D eigenvalue weighted by Gasteiger charge is -2.31. The SMILES string of the molecule is COC(=O)c1ccc(C(=O)N2CCC[C@@H](c3noc(-c4ccccn4)n3)C2)cc1. The van der Waals surface area contributed by atoms with E-state index in [9.17, 15) is 9.59 Å². The maximum Gasteiger partial charge on any atom is 0.337 e. The molecule has 8 nitrogen and oxygen atoms in total. The topological polar surface area (TPSA) is 98.4 Å². The fraction of sp³-hybridized carbons (Fsp3) is 0.286. The molecular weight excluding hydrogens is 372 g/mol. The van der Waals surface area contributed by atoms with Gasteiger partial charge in [0.05, 0.1) is 12.7 Å². The molecule has 2 aromatic heterocycles.